The molecular weight excluding hydrogens is 546 g/mol. The van der Waals surface area contributed by atoms with Gasteiger partial charge in [-0.25, -0.2) is 0 Å². The third-order valence-corrected chi connectivity index (χ3v) is 10.6. The first kappa shape index (κ1) is 30.8. The number of hydrogen-bond donors (Lipinski definition) is 0. The molecule has 0 saturated carbocycles. The molecule has 0 fully saturated rings. The van der Waals surface area contributed by atoms with Crippen molar-refractivity contribution in [2.45, 2.75) is 70.6 Å². The molecule has 3 aliphatic rings. The summed E-state index contributed by atoms with van der Waals surface area (Å²) in [5.41, 5.74) is 13.3. The fourth-order valence-electron chi connectivity index (χ4n) is 7.94. The van der Waals surface area contributed by atoms with Crippen molar-refractivity contribution >= 4 is 28.5 Å². The highest BCUT2D eigenvalue weighted by Gasteiger charge is 2.43. The Labute approximate surface area is 270 Å². The van der Waals surface area contributed by atoms with Gasteiger partial charge in [0.05, 0.1) is 10.8 Å². The molecule has 3 aromatic carbocycles. The number of nitrogens with zero attached hydrogens (tertiary/aromatic N) is 3. The first-order valence-electron chi connectivity index (χ1n) is 16.4. The van der Waals surface area contributed by atoms with Gasteiger partial charge in [-0.1, -0.05) is 86.7 Å². The minimum atomic E-state index is -0.0507. The molecule has 230 valence electrons. The van der Waals surface area contributed by atoms with E-state index in [9.17, 15) is 0 Å². The van der Waals surface area contributed by atoms with Crippen molar-refractivity contribution < 1.29 is 9.15 Å². The van der Waals surface area contributed by atoms with Crippen LogP contribution in [-0.2, 0) is 16.2 Å². The van der Waals surface area contributed by atoms with Crippen LogP contribution in [0.3, 0.4) is 0 Å². The van der Waals surface area contributed by atoms with Gasteiger partial charge in [-0.05, 0) is 63.8 Å². The first-order chi connectivity index (χ1) is 21.4. The quantitative estimate of drug-likeness (QED) is 0.195. The van der Waals surface area contributed by atoms with E-state index in [1.807, 2.05) is 0 Å². The number of para-hydroxylation sites is 3. The minimum Gasteiger partial charge on any atom is -0.347 e. The third kappa shape index (κ3) is 5.07. The van der Waals surface area contributed by atoms with E-state index in [0.717, 1.165) is 12.8 Å². The molecular formula is C42H49N3+2. The van der Waals surface area contributed by atoms with Crippen LogP contribution in [0, 0.1) is 0 Å². The van der Waals surface area contributed by atoms with Crippen LogP contribution < -0.4 is 4.90 Å². The fourth-order valence-corrected chi connectivity index (χ4v) is 7.94. The van der Waals surface area contributed by atoms with Crippen molar-refractivity contribution in [3.05, 3.63) is 137 Å². The van der Waals surface area contributed by atoms with E-state index in [0.29, 0.717) is 0 Å². The van der Waals surface area contributed by atoms with Crippen LogP contribution in [0.1, 0.15) is 71.1 Å². The molecule has 0 unspecified atom stereocenters. The zero-order valence-electron chi connectivity index (χ0n) is 28.6. The number of allylic oxidation sites excluding steroid dienone is 8. The molecule has 0 N–H and O–H groups in total. The Bertz CT molecular complexity index is 1850. The fraction of sp³-hybridized carbons (Fsp3) is 0.333. The van der Waals surface area contributed by atoms with Crippen LogP contribution in [0.25, 0.3) is 0 Å². The predicted octanol–water partition coefficient (Wildman–Crippen LogP) is 9.53. The highest BCUT2D eigenvalue weighted by molar-refractivity contribution is 6.03. The minimum absolute atomic E-state index is 0.0111. The van der Waals surface area contributed by atoms with E-state index in [-0.39, 0.29) is 16.2 Å². The van der Waals surface area contributed by atoms with Gasteiger partial charge >= 0.3 is 0 Å². The predicted molar refractivity (Wildman–Crippen MR) is 192 cm³/mol. The smallest absolute Gasteiger partial charge is 0.209 e. The third-order valence-electron chi connectivity index (χ3n) is 10.6. The number of hydrogen-bond acceptors (Lipinski definition) is 1. The SMILES string of the molecule is CN1C(=CC=C(C=CC2=[N+](C)c3ccccc3C2(C)C)CCC=CC2=[N+](C)c3ccccc3C2(C)C)C(C)(C)c2ccccc21. The van der Waals surface area contributed by atoms with E-state index in [2.05, 4.69) is 186 Å². The van der Waals surface area contributed by atoms with E-state index >= 15 is 0 Å². The van der Waals surface area contributed by atoms with Crippen molar-refractivity contribution in [2.75, 3.05) is 26.0 Å². The Morgan fingerprint density at radius 1 is 0.667 bits per heavy atom. The maximum absolute atomic E-state index is 2.37. The Hall–Kier alpha value is -4.24. The first-order valence-corrected chi connectivity index (χ1v) is 16.4. The molecule has 3 aliphatic heterocycles. The average molecular weight is 596 g/mol. The summed E-state index contributed by atoms with van der Waals surface area (Å²) in [5.74, 6) is 0. The summed E-state index contributed by atoms with van der Waals surface area (Å²) in [6.45, 7) is 14.0. The summed E-state index contributed by atoms with van der Waals surface area (Å²) in [6, 6.07) is 26.4. The molecule has 0 aromatic heterocycles. The number of fused-ring (bicyclic) bond motifs is 3. The van der Waals surface area contributed by atoms with Gasteiger partial charge < -0.3 is 4.90 Å². The van der Waals surface area contributed by atoms with E-state index < -0.39 is 0 Å². The zero-order chi connectivity index (χ0) is 32.1. The van der Waals surface area contributed by atoms with Gasteiger partial charge in [0, 0.05) is 59.3 Å². The highest BCUT2D eigenvalue weighted by atomic mass is 15.2. The molecule has 0 saturated heterocycles. The molecule has 0 aliphatic carbocycles. The summed E-state index contributed by atoms with van der Waals surface area (Å²) in [7, 11) is 6.59. The lowest BCUT2D eigenvalue weighted by Gasteiger charge is -2.23. The van der Waals surface area contributed by atoms with Gasteiger partial charge in [0.25, 0.3) is 0 Å². The average Bonchev–Trinajstić information content (AvgIpc) is 3.44. The number of anilines is 1. The molecule has 0 bridgehead atoms. The largest absolute Gasteiger partial charge is 0.347 e. The summed E-state index contributed by atoms with van der Waals surface area (Å²) >= 11 is 0. The Kier molecular flexibility index (Phi) is 7.72. The Morgan fingerprint density at radius 3 is 1.73 bits per heavy atom. The summed E-state index contributed by atoms with van der Waals surface area (Å²) in [5, 5.41) is 0. The van der Waals surface area contributed by atoms with Crippen molar-refractivity contribution in [1.82, 2.24) is 0 Å². The molecule has 0 radical (unpaired) electrons. The van der Waals surface area contributed by atoms with Crippen LogP contribution >= 0.6 is 0 Å². The van der Waals surface area contributed by atoms with Gasteiger partial charge in [0.15, 0.2) is 11.4 Å². The molecule has 6 rings (SSSR count). The van der Waals surface area contributed by atoms with Crippen LogP contribution in [0.5, 0.6) is 0 Å². The number of benzene rings is 3. The van der Waals surface area contributed by atoms with Crippen molar-refractivity contribution in [2.24, 2.45) is 0 Å². The standard InChI is InChI=1S/C42H49N3/c1-40(2)31-19-11-14-22-34(31)43(7)37(40)25-17-10-18-30(26-28-38-41(3,4)32-20-12-15-23-35(32)44(38)8)27-29-39-42(5,6)33-21-13-16-24-36(33)45(39)9/h11-17,19-29H,10,18H2,1-9H3/q+2. The second-order valence-corrected chi connectivity index (χ2v) is 14.4. The van der Waals surface area contributed by atoms with Gasteiger partial charge in [0.1, 0.15) is 14.1 Å². The van der Waals surface area contributed by atoms with Crippen LogP contribution in [0.15, 0.2) is 121 Å². The monoisotopic (exact) mass is 595 g/mol. The molecule has 0 spiro atoms. The van der Waals surface area contributed by atoms with Crippen LogP contribution in [0.2, 0.25) is 0 Å². The van der Waals surface area contributed by atoms with Gasteiger partial charge in [0.2, 0.25) is 11.4 Å². The molecule has 3 heterocycles. The Morgan fingerprint density at radius 2 is 1.18 bits per heavy atom. The molecule has 0 atom stereocenters. The van der Waals surface area contributed by atoms with Gasteiger partial charge in [-0.3, -0.25) is 0 Å². The lowest BCUT2D eigenvalue weighted by molar-refractivity contribution is -0.401. The molecule has 3 heteroatoms. The van der Waals surface area contributed by atoms with E-state index in [1.54, 1.807) is 0 Å². The normalized spacial score (nSPS) is 20.6. The lowest BCUT2D eigenvalue weighted by atomic mass is 9.81. The molecule has 45 heavy (non-hydrogen) atoms. The van der Waals surface area contributed by atoms with E-state index in [1.165, 1.54) is 56.4 Å². The summed E-state index contributed by atoms with van der Waals surface area (Å²) < 4.78 is 4.72. The van der Waals surface area contributed by atoms with Crippen molar-refractivity contribution in [3.63, 3.8) is 0 Å². The zero-order valence-corrected chi connectivity index (χ0v) is 28.6. The number of likely N-dealkylation sites (N-methyl/N-ethyl adjacent to an activating group) is 1. The molecule has 3 nitrogen and oxygen atoms in total. The maximum atomic E-state index is 2.37. The van der Waals surface area contributed by atoms with Crippen LogP contribution in [0.4, 0.5) is 17.1 Å². The summed E-state index contributed by atoms with van der Waals surface area (Å²) in [4.78, 5) is 2.36. The highest BCUT2D eigenvalue weighted by Crippen LogP contribution is 2.47. The van der Waals surface area contributed by atoms with Crippen LogP contribution in [-0.4, -0.2) is 41.7 Å². The Balaban J connectivity index is 1.31. The lowest BCUT2D eigenvalue weighted by Crippen LogP contribution is -2.26. The topological polar surface area (TPSA) is 9.26 Å². The van der Waals surface area contributed by atoms with Crippen molar-refractivity contribution in [3.8, 4) is 0 Å². The second kappa shape index (κ2) is 11.3. The maximum Gasteiger partial charge on any atom is 0.209 e. The molecule has 0 amide bonds. The number of rotatable bonds is 7. The van der Waals surface area contributed by atoms with E-state index in [4.69, 9.17) is 0 Å². The van der Waals surface area contributed by atoms with Crippen molar-refractivity contribution in [1.29, 1.82) is 0 Å². The van der Waals surface area contributed by atoms with Gasteiger partial charge in [-0.15, -0.1) is 0 Å². The summed E-state index contributed by atoms with van der Waals surface area (Å²) in [6.07, 6.45) is 16.1. The second-order valence-electron chi connectivity index (χ2n) is 14.4. The molecule has 3 aromatic rings. The van der Waals surface area contributed by atoms with Gasteiger partial charge in [-0.2, -0.15) is 9.15 Å².